The Labute approximate surface area is 239 Å². The Balaban J connectivity index is 1.30. The molecule has 0 radical (unpaired) electrons. The summed E-state index contributed by atoms with van der Waals surface area (Å²) in [6.07, 6.45) is -1.40. The van der Waals surface area contributed by atoms with Crippen LogP contribution in [0.5, 0.6) is 11.5 Å². The number of pyridine rings is 1. The molecule has 0 amide bonds. The van der Waals surface area contributed by atoms with Gasteiger partial charge in [0.1, 0.15) is 35.1 Å². The zero-order valence-corrected chi connectivity index (χ0v) is 23.1. The molecule has 1 aliphatic carbocycles. The lowest BCUT2D eigenvalue weighted by Gasteiger charge is -2.25. The van der Waals surface area contributed by atoms with Gasteiger partial charge in [0.15, 0.2) is 11.5 Å². The fraction of sp³-hybridized carbons (Fsp3) is 0.312. The van der Waals surface area contributed by atoms with Gasteiger partial charge in [-0.1, -0.05) is 18.7 Å². The first-order valence-corrected chi connectivity index (χ1v) is 13.3. The molecule has 1 unspecified atom stereocenters. The number of halogens is 4. The number of benzene rings is 2. The van der Waals surface area contributed by atoms with Gasteiger partial charge in [0.05, 0.1) is 18.7 Å². The predicted molar refractivity (Wildman–Crippen MR) is 148 cm³/mol. The molecule has 1 fully saturated rings. The maximum Gasteiger partial charge on any atom is 0.401 e. The number of carbonyl (C=O) groups is 1. The first kappa shape index (κ1) is 29.3. The molecule has 1 saturated carbocycles. The number of rotatable bonds is 10. The van der Waals surface area contributed by atoms with Gasteiger partial charge < -0.3 is 19.3 Å². The minimum atomic E-state index is -4.46. The third kappa shape index (κ3) is 6.04. The summed E-state index contributed by atoms with van der Waals surface area (Å²) in [4.78, 5) is 17.3. The van der Waals surface area contributed by atoms with Crippen LogP contribution in [0.15, 0.2) is 78.4 Å². The third-order valence-corrected chi connectivity index (χ3v) is 7.29. The van der Waals surface area contributed by atoms with Crippen LogP contribution in [0.1, 0.15) is 31.7 Å². The monoisotopic (exact) mass is 583 g/mol. The largest absolute Gasteiger partial charge is 0.493 e. The highest BCUT2D eigenvalue weighted by molar-refractivity contribution is 5.87. The zero-order chi connectivity index (χ0) is 30.2. The van der Waals surface area contributed by atoms with Gasteiger partial charge in [0.25, 0.3) is 0 Å². The number of aliphatic hydroxyl groups excluding tert-OH is 1. The zero-order valence-electron chi connectivity index (χ0n) is 23.1. The Kier molecular flexibility index (Phi) is 7.85. The highest BCUT2D eigenvalue weighted by Crippen LogP contribution is 2.63. The van der Waals surface area contributed by atoms with Crippen LogP contribution in [-0.2, 0) is 16.0 Å². The predicted octanol–water partition coefficient (Wildman–Crippen LogP) is 7.01. The SMILES string of the molecule is C=C1C=C(CC(=O)Cc2ccc(-c3cnc4cc(OCC(C)O)c(OC)cc4c3)cc2F)C=C(C2(C(F)(F)F)CC2)O1. The average molecular weight is 584 g/mol. The summed E-state index contributed by atoms with van der Waals surface area (Å²) in [5.41, 5.74) is 0.288. The number of hydrogen-bond donors (Lipinski definition) is 1. The molecular formula is C32H29F4NO5. The van der Waals surface area contributed by atoms with Gasteiger partial charge in [-0.3, -0.25) is 9.78 Å². The summed E-state index contributed by atoms with van der Waals surface area (Å²) >= 11 is 0. The van der Waals surface area contributed by atoms with E-state index in [9.17, 15) is 23.1 Å². The van der Waals surface area contributed by atoms with Crippen LogP contribution >= 0.6 is 0 Å². The van der Waals surface area contributed by atoms with E-state index >= 15 is 4.39 Å². The molecule has 220 valence electrons. The molecule has 1 aromatic heterocycles. The Morgan fingerprint density at radius 2 is 1.88 bits per heavy atom. The number of carbonyl (C=O) groups excluding carboxylic acids is 1. The van der Waals surface area contributed by atoms with Crippen molar-refractivity contribution in [3.63, 3.8) is 0 Å². The van der Waals surface area contributed by atoms with E-state index in [1.165, 1.54) is 31.4 Å². The van der Waals surface area contributed by atoms with Gasteiger partial charge in [-0.2, -0.15) is 13.2 Å². The van der Waals surface area contributed by atoms with Crippen molar-refractivity contribution in [2.75, 3.05) is 13.7 Å². The topological polar surface area (TPSA) is 77.9 Å². The summed E-state index contributed by atoms with van der Waals surface area (Å²) in [5.74, 6) is -0.263. The summed E-state index contributed by atoms with van der Waals surface area (Å²) < 4.78 is 72.1. The van der Waals surface area contributed by atoms with Crippen molar-refractivity contribution in [2.45, 2.75) is 44.9 Å². The number of hydrogen-bond acceptors (Lipinski definition) is 6. The first-order valence-electron chi connectivity index (χ1n) is 13.3. The molecule has 10 heteroatoms. The van der Waals surface area contributed by atoms with Crippen molar-refractivity contribution in [1.82, 2.24) is 4.98 Å². The second-order valence-electron chi connectivity index (χ2n) is 10.7. The molecule has 1 atom stereocenters. The van der Waals surface area contributed by atoms with E-state index in [4.69, 9.17) is 14.2 Å². The highest BCUT2D eigenvalue weighted by atomic mass is 19.4. The molecule has 0 spiro atoms. The lowest BCUT2D eigenvalue weighted by molar-refractivity contribution is -0.183. The van der Waals surface area contributed by atoms with Crippen molar-refractivity contribution in [3.05, 3.63) is 89.8 Å². The van der Waals surface area contributed by atoms with Crippen LogP contribution in [-0.4, -0.2) is 41.9 Å². The van der Waals surface area contributed by atoms with Gasteiger partial charge in [0.2, 0.25) is 0 Å². The van der Waals surface area contributed by atoms with Crippen LogP contribution in [0, 0.1) is 11.2 Å². The van der Waals surface area contributed by atoms with E-state index in [-0.39, 0.29) is 55.2 Å². The number of methoxy groups -OCH3 is 1. The molecule has 6 nitrogen and oxygen atoms in total. The highest BCUT2D eigenvalue weighted by Gasteiger charge is 2.67. The Morgan fingerprint density at radius 3 is 2.52 bits per heavy atom. The van der Waals surface area contributed by atoms with Gasteiger partial charge >= 0.3 is 6.18 Å². The molecule has 2 aromatic carbocycles. The maximum absolute atomic E-state index is 15.1. The summed E-state index contributed by atoms with van der Waals surface area (Å²) in [6.45, 7) is 5.32. The number of nitrogens with zero attached hydrogens (tertiary/aromatic N) is 1. The van der Waals surface area contributed by atoms with E-state index < -0.39 is 23.5 Å². The Morgan fingerprint density at radius 1 is 1.12 bits per heavy atom. The Hall–Kier alpha value is -4.18. The van der Waals surface area contributed by atoms with E-state index in [0.29, 0.717) is 33.7 Å². The van der Waals surface area contributed by atoms with E-state index in [1.807, 2.05) is 6.07 Å². The molecular weight excluding hydrogens is 554 g/mol. The van der Waals surface area contributed by atoms with E-state index in [2.05, 4.69) is 11.6 Å². The van der Waals surface area contributed by atoms with E-state index in [0.717, 1.165) is 5.39 Å². The molecule has 2 heterocycles. The maximum atomic E-state index is 15.1. The number of aliphatic hydroxyl groups is 1. The third-order valence-electron chi connectivity index (χ3n) is 7.29. The molecule has 2 aliphatic rings. The van der Waals surface area contributed by atoms with Gasteiger partial charge in [0, 0.05) is 36.1 Å². The minimum Gasteiger partial charge on any atom is -0.493 e. The van der Waals surface area contributed by atoms with Crippen molar-refractivity contribution in [2.24, 2.45) is 5.41 Å². The number of Topliss-reactive ketones (excluding diaryl/α,β-unsaturated/α-hetero) is 1. The van der Waals surface area contributed by atoms with Crippen molar-refractivity contribution in [1.29, 1.82) is 0 Å². The number of alkyl halides is 3. The van der Waals surface area contributed by atoms with Crippen LogP contribution in [0.2, 0.25) is 0 Å². The number of aromatic nitrogens is 1. The molecule has 42 heavy (non-hydrogen) atoms. The quantitative estimate of drug-likeness (QED) is 0.259. The smallest absolute Gasteiger partial charge is 0.401 e. The molecule has 0 saturated heterocycles. The second-order valence-corrected chi connectivity index (χ2v) is 10.7. The fourth-order valence-corrected chi connectivity index (χ4v) is 4.90. The molecule has 3 aromatic rings. The molecule has 5 rings (SSSR count). The number of allylic oxidation sites excluding steroid dienone is 4. The average Bonchev–Trinajstić information content (AvgIpc) is 3.74. The van der Waals surface area contributed by atoms with Crippen molar-refractivity contribution < 1.29 is 41.7 Å². The summed E-state index contributed by atoms with van der Waals surface area (Å²) in [6, 6.07) is 9.78. The lowest BCUT2D eigenvalue weighted by Crippen LogP contribution is -2.28. The van der Waals surface area contributed by atoms with Crippen LogP contribution in [0.25, 0.3) is 22.0 Å². The van der Waals surface area contributed by atoms with Crippen molar-refractivity contribution in [3.8, 4) is 22.6 Å². The summed E-state index contributed by atoms with van der Waals surface area (Å²) in [5, 5.41) is 10.2. The number of fused-ring (bicyclic) bond motifs is 1. The first-order chi connectivity index (χ1) is 19.9. The second kappa shape index (κ2) is 11.2. The standard InChI is InChI=1S/C32H29F4NO5/c1-18(38)17-41-29-15-27-23(14-28(29)40-3)11-24(16-37-27)21-4-5-22(26(33)13-21)12-25(39)9-20-8-19(2)42-30(10-20)31(6-7-31)32(34,35)36/h4-5,8,10-11,13-16,18,38H,2,6-7,9,12,17H2,1,3H3. The molecule has 0 bridgehead atoms. The molecule has 1 N–H and O–H groups in total. The van der Waals surface area contributed by atoms with Gasteiger partial charge in [-0.25, -0.2) is 4.39 Å². The van der Waals surface area contributed by atoms with Crippen LogP contribution in [0.4, 0.5) is 17.6 Å². The van der Waals surface area contributed by atoms with Crippen molar-refractivity contribution >= 4 is 16.7 Å². The van der Waals surface area contributed by atoms with Crippen LogP contribution < -0.4 is 9.47 Å². The van der Waals surface area contributed by atoms with Crippen LogP contribution in [0.3, 0.4) is 0 Å². The number of ether oxygens (including phenoxy) is 3. The number of ketones is 1. The molecule has 1 aliphatic heterocycles. The summed E-state index contributed by atoms with van der Waals surface area (Å²) in [7, 11) is 1.50. The van der Waals surface area contributed by atoms with Gasteiger partial charge in [-0.15, -0.1) is 0 Å². The lowest BCUT2D eigenvalue weighted by atomic mass is 9.95. The van der Waals surface area contributed by atoms with Gasteiger partial charge in [-0.05, 0) is 66.8 Å². The fourth-order valence-electron chi connectivity index (χ4n) is 4.90. The van der Waals surface area contributed by atoms with E-state index in [1.54, 1.807) is 31.3 Å². The minimum absolute atomic E-state index is 0.0338. The normalized spacial score (nSPS) is 16.8. The Bertz CT molecular complexity index is 1620.